The number of hydrogen-bond donors (Lipinski definition) is 1. The summed E-state index contributed by atoms with van der Waals surface area (Å²) in [5.41, 5.74) is 1.16. The largest absolute Gasteiger partial charge is 0.482 e. The van der Waals surface area contributed by atoms with E-state index in [1.54, 1.807) is 25.2 Å². The van der Waals surface area contributed by atoms with E-state index in [9.17, 15) is 24.5 Å². The number of non-ortho nitro benzene ring substituents is 1. The Morgan fingerprint density at radius 1 is 1.17 bits per heavy atom. The molecule has 154 valence electrons. The van der Waals surface area contributed by atoms with Crippen LogP contribution in [0.5, 0.6) is 11.5 Å². The lowest BCUT2D eigenvalue weighted by Gasteiger charge is -2.29. The molecule has 0 aromatic heterocycles. The highest BCUT2D eigenvalue weighted by Gasteiger charge is 2.28. The fraction of sp³-hybridized carbons (Fsp3) is 0.211. The van der Waals surface area contributed by atoms with Gasteiger partial charge in [0.2, 0.25) is 5.91 Å². The van der Waals surface area contributed by atoms with Gasteiger partial charge in [0.05, 0.1) is 28.9 Å². The summed E-state index contributed by atoms with van der Waals surface area (Å²) in [5.74, 6) is -0.686. The van der Waals surface area contributed by atoms with E-state index in [-0.39, 0.29) is 37.0 Å². The molecule has 2 heterocycles. The van der Waals surface area contributed by atoms with Crippen LogP contribution in [0.2, 0.25) is 0 Å². The number of nitro benzene ring substituents is 1. The van der Waals surface area contributed by atoms with Gasteiger partial charge in [-0.05, 0) is 24.3 Å². The molecule has 0 fully saturated rings. The Morgan fingerprint density at radius 2 is 1.97 bits per heavy atom. The summed E-state index contributed by atoms with van der Waals surface area (Å²) in [6.45, 7) is -0.395. The molecule has 2 aliphatic rings. The van der Waals surface area contributed by atoms with Crippen molar-refractivity contribution in [2.75, 3.05) is 41.9 Å². The van der Waals surface area contributed by atoms with Crippen molar-refractivity contribution in [1.29, 1.82) is 0 Å². The Hall–Kier alpha value is -4.15. The second-order valence-electron chi connectivity index (χ2n) is 6.71. The van der Waals surface area contributed by atoms with E-state index in [0.717, 1.165) is 6.07 Å². The van der Waals surface area contributed by atoms with Gasteiger partial charge in [0.15, 0.2) is 12.4 Å². The fourth-order valence-electron chi connectivity index (χ4n) is 3.22. The number of nitrogens with zero attached hydrogens (tertiary/aromatic N) is 3. The van der Waals surface area contributed by atoms with Crippen LogP contribution in [0.1, 0.15) is 0 Å². The van der Waals surface area contributed by atoms with Gasteiger partial charge in [-0.15, -0.1) is 0 Å². The molecule has 11 nitrogen and oxygen atoms in total. The van der Waals surface area contributed by atoms with Crippen molar-refractivity contribution in [2.24, 2.45) is 0 Å². The Morgan fingerprint density at radius 3 is 2.73 bits per heavy atom. The first-order valence-electron chi connectivity index (χ1n) is 8.89. The molecule has 2 aliphatic heterocycles. The molecule has 1 N–H and O–H groups in total. The first-order chi connectivity index (χ1) is 14.3. The van der Waals surface area contributed by atoms with Gasteiger partial charge in [-0.2, -0.15) is 0 Å². The Labute approximate surface area is 169 Å². The summed E-state index contributed by atoms with van der Waals surface area (Å²) in [4.78, 5) is 49.5. The number of benzene rings is 2. The molecule has 0 saturated carbocycles. The van der Waals surface area contributed by atoms with E-state index in [4.69, 9.17) is 9.47 Å². The lowest BCUT2D eigenvalue weighted by Crippen LogP contribution is -2.41. The van der Waals surface area contributed by atoms with Crippen LogP contribution >= 0.6 is 0 Å². The standard InChI is InChI=1S/C19H16N4O7/c1-21-14-6-11(2-5-15(14)29-10-18(21)25)20-17(24)8-22-9-19(26)30-16-7-12(23(27)28)3-4-13(16)22/h2-7H,8-10H2,1H3,(H,20,24). The predicted molar refractivity (Wildman–Crippen MR) is 105 cm³/mol. The van der Waals surface area contributed by atoms with Gasteiger partial charge in [0.25, 0.3) is 11.6 Å². The highest BCUT2D eigenvalue weighted by molar-refractivity contribution is 6.00. The summed E-state index contributed by atoms with van der Waals surface area (Å²) >= 11 is 0. The highest BCUT2D eigenvalue weighted by Crippen LogP contribution is 2.36. The van der Waals surface area contributed by atoms with E-state index >= 15 is 0 Å². The van der Waals surface area contributed by atoms with Gasteiger partial charge < -0.3 is 24.6 Å². The molecule has 30 heavy (non-hydrogen) atoms. The van der Waals surface area contributed by atoms with Crippen LogP contribution in [0.4, 0.5) is 22.7 Å². The molecule has 0 radical (unpaired) electrons. The molecule has 2 aromatic rings. The van der Waals surface area contributed by atoms with Gasteiger partial charge in [-0.3, -0.25) is 19.7 Å². The summed E-state index contributed by atoms with van der Waals surface area (Å²) in [5, 5.41) is 13.6. The number of nitrogens with one attached hydrogen (secondary N) is 1. The van der Waals surface area contributed by atoms with E-state index in [2.05, 4.69) is 5.32 Å². The molecule has 2 amide bonds. The zero-order valence-electron chi connectivity index (χ0n) is 15.8. The number of fused-ring (bicyclic) bond motifs is 2. The fourth-order valence-corrected chi connectivity index (χ4v) is 3.22. The van der Waals surface area contributed by atoms with Gasteiger partial charge in [-0.25, -0.2) is 4.79 Å². The van der Waals surface area contributed by atoms with Crippen LogP contribution in [-0.4, -0.2) is 49.5 Å². The smallest absolute Gasteiger partial charge is 0.331 e. The molecule has 0 aliphatic carbocycles. The normalized spacial score (nSPS) is 15.0. The van der Waals surface area contributed by atoms with Gasteiger partial charge in [0, 0.05) is 18.8 Å². The van der Waals surface area contributed by atoms with Crippen molar-refractivity contribution < 1.29 is 28.8 Å². The molecule has 0 unspecified atom stereocenters. The van der Waals surface area contributed by atoms with Crippen molar-refractivity contribution in [3.63, 3.8) is 0 Å². The minimum Gasteiger partial charge on any atom is -0.482 e. The summed E-state index contributed by atoms with van der Waals surface area (Å²) in [6, 6.07) is 8.77. The Kier molecular flexibility index (Phi) is 4.70. The van der Waals surface area contributed by atoms with Gasteiger partial charge in [0.1, 0.15) is 12.3 Å². The van der Waals surface area contributed by atoms with Gasteiger partial charge >= 0.3 is 5.97 Å². The van der Waals surface area contributed by atoms with Gasteiger partial charge in [-0.1, -0.05) is 0 Å². The minimum absolute atomic E-state index is 0.0271. The van der Waals surface area contributed by atoms with E-state index in [1.807, 2.05) is 0 Å². The number of rotatable bonds is 4. The van der Waals surface area contributed by atoms with Crippen LogP contribution < -0.4 is 24.6 Å². The highest BCUT2D eigenvalue weighted by atomic mass is 16.6. The maximum absolute atomic E-state index is 12.6. The monoisotopic (exact) mass is 412 g/mol. The first kappa shape index (κ1) is 19.2. The minimum atomic E-state index is -0.623. The predicted octanol–water partition coefficient (Wildman–Crippen LogP) is 1.31. The van der Waals surface area contributed by atoms with Crippen LogP contribution in [0.25, 0.3) is 0 Å². The summed E-state index contributed by atoms with van der Waals surface area (Å²) in [7, 11) is 1.62. The number of ether oxygens (including phenoxy) is 2. The maximum Gasteiger partial charge on any atom is 0.331 e. The zero-order valence-corrected chi connectivity index (χ0v) is 15.8. The SMILES string of the molecule is CN1C(=O)COc2ccc(NC(=O)CN3CC(=O)Oc4cc([N+](=O)[O-])ccc43)cc21. The molecule has 4 rings (SSSR count). The third kappa shape index (κ3) is 3.60. The van der Waals surface area contributed by atoms with E-state index in [1.165, 1.54) is 21.9 Å². The average molecular weight is 412 g/mol. The quantitative estimate of drug-likeness (QED) is 0.344. The lowest BCUT2D eigenvalue weighted by atomic mass is 10.2. The van der Waals surface area contributed by atoms with Crippen LogP contribution in [0, 0.1) is 10.1 Å². The number of carbonyl (C=O) groups is 3. The Balaban J connectivity index is 1.51. The molecule has 2 aromatic carbocycles. The molecule has 0 spiro atoms. The number of nitro groups is 1. The first-order valence-corrected chi connectivity index (χ1v) is 8.89. The number of anilines is 3. The second-order valence-corrected chi connectivity index (χ2v) is 6.71. The van der Waals surface area contributed by atoms with Crippen molar-refractivity contribution in [3.05, 3.63) is 46.5 Å². The summed E-state index contributed by atoms with van der Waals surface area (Å²) in [6.07, 6.45) is 0. The van der Waals surface area contributed by atoms with Crippen molar-refractivity contribution >= 4 is 40.5 Å². The Bertz CT molecular complexity index is 1080. The molecular weight excluding hydrogens is 396 g/mol. The van der Waals surface area contributed by atoms with Crippen LogP contribution in [-0.2, 0) is 14.4 Å². The second kappa shape index (κ2) is 7.35. The number of amides is 2. The molecule has 0 atom stereocenters. The van der Waals surface area contributed by atoms with Crippen LogP contribution in [0.3, 0.4) is 0 Å². The average Bonchev–Trinajstić information content (AvgIpc) is 2.70. The molecule has 0 saturated heterocycles. The molecule has 11 heteroatoms. The van der Waals surface area contributed by atoms with Crippen molar-refractivity contribution in [2.45, 2.75) is 0 Å². The lowest BCUT2D eigenvalue weighted by molar-refractivity contribution is -0.384. The maximum atomic E-state index is 12.6. The van der Waals surface area contributed by atoms with Crippen molar-refractivity contribution in [3.8, 4) is 11.5 Å². The number of esters is 1. The molecule has 0 bridgehead atoms. The number of hydrogen-bond acceptors (Lipinski definition) is 8. The van der Waals surface area contributed by atoms with E-state index < -0.39 is 16.8 Å². The third-order valence-electron chi connectivity index (χ3n) is 4.70. The number of likely N-dealkylation sites (N-methyl/N-ethyl adjacent to an activating group) is 1. The summed E-state index contributed by atoms with van der Waals surface area (Å²) < 4.78 is 10.4. The zero-order chi connectivity index (χ0) is 21.4. The van der Waals surface area contributed by atoms with Crippen LogP contribution in [0.15, 0.2) is 36.4 Å². The number of carbonyl (C=O) groups excluding carboxylic acids is 3. The topological polar surface area (TPSA) is 131 Å². The van der Waals surface area contributed by atoms with E-state index in [0.29, 0.717) is 22.8 Å². The third-order valence-corrected chi connectivity index (χ3v) is 4.70. The molecular formula is C19H16N4O7. The van der Waals surface area contributed by atoms with Crippen molar-refractivity contribution in [1.82, 2.24) is 0 Å².